The largest absolute Gasteiger partial charge is 0.496 e. The van der Waals surface area contributed by atoms with Crippen LogP contribution >= 0.6 is 0 Å². The summed E-state index contributed by atoms with van der Waals surface area (Å²) in [4.78, 5) is 16.1. The molecule has 0 heterocycles. The third-order valence-electron chi connectivity index (χ3n) is 6.44. The smallest absolute Gasteiger partial charge is 0.255 e. The Morgan fingerprint density at radius 2 is 1.33 bits per heavy atom. The summed E-state index contributed by atoms with van der Waals surface area (Å²) in [5.74, 6) is 1.38. The van der Waals surface area contributed by atoms with Crippen LogP contribution in [0.25, 0.3) is 11.1 Å². The molecule has 0 fully saturated rings. The average molecular weight is 480 g/mol. The number of carbonyl (C=O) groups excluding carboxylic acids is 1. The molecule has 4 nitrogen and oxygen atoms in total. The quantitative estimate of drug-likeness (QED) is 0.257. The van der Waals surface area contributed by atoms with E-state index >= 15 is 0 Å². The second kappa shape index (κ2) is 11.6. The molecule has 0 aliphatic rings. The standard InChI is InChI=1S/C32H33NO3/c1-5-24-15-17-25(18-16-24)21-33(22-29-30(35-3)19-23(2)20-31(29)36-4)32(34)28-14-10-9-13-27(28)26-11-7-6-8-12-26/h6-20H,5,21-22H2,1-4H3. The van der Waals surface area contributed by atoms with Gasteiger partial charge in [-0.2, -0.15) is 0 Å². The maximum atomic E-state index is 14.2. The van der Waals surface area contributed by atoms with Gasteiger partial charge in [-0.05, 0) is 59.4 Å². The zero-order valence-corrected chi connectivity index (χ0v) is 21.5. The molecule has 0 aliphatic heterocycles. The molecule has 184 valence electrons. The van der Waals surface area contributed by atoms with E-state index in [9.17, 15) is 4.79 Å². The molecule has 0 aromatic heterocycles. The van der Waals surface area contributed by atoms with Crippen molar-refractivity contribution in [2.45, 2.75) is 33.4 Å². The van der Waals surface area contributed by atoms with Crippen molar-refractivity contribution in [2.75, 3.05) is 14.2 Å². The lowest BCUT2D eigenvalue weighted by molar-refractivity contribution is 0.0728. The fourth-order valence-electron chi connectivity index (χ4n) is 4.47. The van der Waals surface area contributed by atoms with Crippen LogP contribution in [0, 0.1) is 6.92 Å². The molecule has 0 saturated carbocycles. The van der Waals surface area contributed by atoms with Gasteiger partial charge in [-0.1, -0.05) is 79.7 Å². The van der Waals surface area contributed by atoms with Crippen molar-refractivity contribution in [3.05, 3.63) is 119 Å². The number of hydrogen-bond acceptors (Lipinski definition) is 3. The number of amides is 1. The molecule has 4 rings (SSSR count). The van der Waals surface area contributed by atoms with Crippen molar-refractivity contribution >= 4 is 5.91 Å². The van der Waals surface area contributed by atoms with Crippen LogP contribution < -0.4 is 9.47 Å². The number of rotatable bonds is 9. The molecule has 0 aliphatic carbocycles. The van der Waals surface area contributed by atoms with E-state index in [0.29, 0.717) is 30.2 Å². The molecule has 1 amide bonds. The number of ether oxygens (including phenoxy) is 2. The number of carbonyl (C=O) groups is 1. The first-order chi connectivity index (χ1) is 17.5. The van der Waals surface area contributed by atoms with Crippen LogP contribution in [-0.4, -0.2) is 25.0 Å². The average Bonchev–Trinajstić information content (AvgIpc) is 2.93. The Kier molecular flexibility index (Phi) is 8.06. The van der Waals surface area contributed by atoms with Gasteiger partial charge in [-0.3, -0.25) is 4.79 Å². The lowest BCUT2D eigenvalue weighted by Crippen LogP contribution is -2.31. The van der Waals surface area contributed by atoms with Gasteiger partial charge in [0.2, 0.25) is 0 Å². The summed E-state index contributed by atoms with van der Waals surface area (Å²) >= 11 is 0. The molecule has 4 aromatic carbocycles. The molecule has 0 atom stereocenters. The highest BCUT2D eigenvalue weighted by Gasteiger charge is 2.23. The van der Waals surface area contributed by atoms with E-state index in [2.05, 4.69) is 31.2 Å². The number of nitrogens with zero attached hydrogens (tertiary/aromatic N) is 1. The molecule has 0 saturated heterocycles. The lowest BCUT2D eigenvalue weighted by Gasteiger charge is -2.26. The van der Waals surface area contributed by atoms with Crippen molar-refractivity contribution in [3.8, 4) is 22.6 Å². The molecular weight excluding hydrogens is 446 g/mol. The first-order valence-electron chi connectivity index (χ1n) is 12.3. The van der Waals surface area contributed by atoms with Gasteiger partial charge in [0.25, 0.3) is 5.91 Å². The van der Waals surface area contributed by atoms with Crippen LogP contribution in [-0.2, 0) is 19.5 Å². The fourth-order valence-corrected chi connectivity index (χ4v) is 4.47. The summed E-state index contributed by atoms with van der Waals surface area (Å²) in [6.07, 6.45) is 0.977. The Morgan fingerprint density at radius 1 is 0.750 bits per heavy atom. The Balaban J connectivity index is 1.78. The molecule has 0 bridgehead atoms. The summed E-state index contributed by atoms with van der Waals surface area (Å²) < 4.78 is 11.4. The normalized spacial score (nSPS) is 10.7. The van der Waals surface area contributed by atoms with Crippen LogP contribution in [0.4, 0.5) is 0 Å². The molecule has 4 aromatic rings. The highest BCUT2D eigenvalue weighted by molar-refractivity contribution is 6.01. The van der Waals surface area contributed by atoms with Crippen molar-refractivity contribution in [2.24, 2.45) is 0 Å². The Hall–Kier alpha value is -4.05. The fraction of sp³-hybridized carbons (Fsp3) is 0.219. The molecular formula is C32H33NO3. The minimum Gasteiger partial charge on any atom is -0.496 e. The monoisotopic (exact) mass is 479 g/mol. The summed E-state index contributed by atoms with van der Waals surface area (Å²) in [5, 5.41) is 0. The first kappa shape index (κ1) is 25.1. The topological polar surface area (TPSA) is 38.8 Å². The molecule has 4 heteroatoms. The van der Waals surface area contributed by atoms with Crippen LogP contribution in [0.2, 0.25) is 0 Å². The second-order valence-corrected chi connectivity index (χ2v) is 8.89. The van der Waals surface area contributed by atoms with Gasteiger partial charge in [0, 0.05) is 12.1 Å². The van der Waals surface area contributed by atoms with E-state index in [1.54, 1.807) is 14.2 Å². The van der Waals surface area contributed by atoms with Gasteiger partial charge < -0.3 is 14.4 Å². The number of benzene rings is 4. The van der Waals surface area contributed by atoms with Gasteiger partial charge in [0.05, 0.1) is 26.3 Å². The highest BCUT2D eigenvalue weighted by Crippen LogP contribution is 2.33. The van der Waals surface area contributed by atoms with E-state index in [4.69, 9.17) is 9.47 Å². The van der Waals surface area contributed by atoms with Crippen LogP contribution in [0.5, 0.6) is 11.5 Å². The molecule has 0 N–H and O–H groups in total. The Labute approximate surface area is 214 Å². The summed E-state index contributed by atoms with van der Waals surface area (Å²) in [6, 6.07) is 30.3. The van der Waals surface area contributed by atoms with E-state index in [1.807, 2.05) is 78.6 Å². The van der Waals surface area contributed by atoms with E-state index in [1.165, 1.54) is 5.56 Å². The van der Waals surface area contributed by atoms with Crippen molar-refractivity contribution < 1.29 is 14.3 Å². The van der Waals surface area contributed by atoms with Crippen LogP contribution in [0.15, 0.2) is 91.0 Å². The molecule has 36 heavy (non-hydrogen) atoms. The van der Waals surface area contributed by atoms with Gasteiger partial charge >= 0.3 is 0 Å². The number of methoxy groups -OCH3 is 2. The predicted molar refractivity (Wildman–Crippen MR) is 146 cm³/mol. The summed E-state index contributed by atoms with van der Waals surface area (Å²) in [7, 11) is 3.30. The van der Waals surface area contributed by atoms with E-state index in [-0.39, 0.29) is 5.91 Å². The SMILES string of the molecule is CCc1ccc(CN(Cc2c(OC)cc(C)cc2OC)C(=O)c2ccccc2-c2ccccc2)cc1. The second-order valence-electron chi connectivity index (χ2n) is 8.89. The summed E-state index contributed by atoms with van der Waals surface area (Å²) in [5.41, 5.74) is 6.82. The zero-order valence-electron chi connectivity index (χ0n) is 21.5. The molecule has 0 spiro atoms. The highest BCUT2D eigenvalue weighted by atomic mass is 16.5. The minimum atomic E-state index is -0.0429. The predicted octanol–water partition coefficient (Wildman–Crippen LogP) is 7.08. The summed E-state index contributed by atoms with van der Waals surface area (Å²) in [6.45, 7) is 4.96. The van der Waals surface area contributed by atoms with Crippen LogP contribution in [0.1, 0.15) is 39.5 Å². The minimum absolute atomic E-state index is 0.0429. The van der Waals surface area contributed by atoms with Gasteiger partial charge in [-0.25, -0.2) is 0 Å². The third-order valence-corrected chi connectivity index (χ3v) is 6.44. The van der Waals surface area contributed by atoms with Gasteiger partial charge in [-0.15, -0.1) is 0 Å². The number of aryl methyl sites for hydroxylation is 2. The van der Waals surface area contributed by atoms with E-state index in [0.717, 1.165) is 34.2 Å². The first-order valence-corrected chi connectivity index (χ1v) is 12.3. The van der Waals surface area contributed by atoms with Crippen LogP contribution in [0.3, 0.4) is 0 Å². The van der Waals surface area contributed by atoms with Gasteiger partial charge in [0.15, 0.2) is 0 Å². The van der Waals surface area contributed by atoms with Crippen molar-refractivity contribution in [3.63, 3.8) is 0 Å². The lowest BCUT2D eigenvalue weighted by atomic mass is 9.98. The Bertz CT molecular complexity index is 1290. The third kappa shape index (κ3) is 5.60. The van der Waals surface area contributed by atoms with Crippen molar-refractivity contribution in [1.29, 1.82) is 0 Å². The zero-order chi connectivity index (χ0) is 25.5. The molecule has 0 unspecified atom stereocenters. The van der Waals surface area contributed by atoms with E-state index < -0.39 is 0 Å². The maximum Gasteiger partial charge on any atom is 0.255 e. The Morgan fingerprint density at radius 3 is 1.94 bits per heavy atom. The van der Waals surface area contributed by atoms with Gasteiger partial charge in [0.1, 0.15) is 11.5 Å². The van der Waals surface area contributed by atoms with Crippen molar-refractivity contribution in [1.82, 2.24) is 4.90 Å². The maximum absolute atomic E-state index is 14.2. The molecule has 0 radical (unpaired) electrons. The number of hydrogen-bond donors (Lipinski definition) is 0.